The highest BCUT2D eigenvalue weighted by Crippen LogP contribution is 2.42. The molecule has 2 saturated heterocycles. The zero-order valence-electron chi connectivity index (χ0n) is 21.6. The van der Waals surface area contributed by atoms with Gasteiger partial charge in [-0.3, -0.25) is 9.59 Å². The summed E-state index contributed by atoms with van der Waals surface area (Å²) in [6, 6.07) is 14.2. The first-order valence-corrected chi connectivity index (χ1v) is 13.3. The van der Waals surface area contributed by atoms with Crippen molar-refractivity contribution in [1.82, 2.24) is 14.8 Å². The minimum atomic E-state index is -0.566. The van der Waals surface area contributed by atoms with Gasteiger partial charge in [0.1, 0.15) is 19.1 Å². The zero-order valence-corrected chi connectivity index (χ0v) is 21.6. The molecule has 2 aromatic carbocycles. The van der Waals surface area contributed by atoms with Crippen LogP contribution >= 0.6 is 0 Å². The molecule has 2 N–H and O–H groups in total. The summed E-state index contributed by atoms with van der Waals surface area (Å²) < 4.78 is 10.3. The second-order valence-corrected chi connectivity index (χ2v) is 10.3. The number of amides is 2. The molecular weight excluding hydrogens is 484 g/mol. The number of nitrogens with one attached hydrogen (secondary N) is 2. The lowest BCUT2D eigenvalue weighted by Crippen LogP contribution is -3.14. The van der Waals surface area contributed by atoms with E-state index in [1.165, 1.54) is 12.0 Å². The lowest BCUT2D eigenvalue weighted by molar-refractivity contribution is -0.908. The highest BCUT2D eigenvalue weighted by molar-refractivity contribution is 5.97. The number of piperazine rings is 1. The first kappa shape index (κ1) is 24.6. The van der Waals surface area contributed by atoms with Crippen molar-refractivity contribution >= 4 is 28.7 Å². The van der Waals surface area contributed by atoms with Crippen LogP contribution in [-0.4, -0.2) is 91.7 Å². The van der Waals surface area contributed by atoms with Gasteiger partial charge in [-0.15, -0.1) is 0 Å². The molecule has 2 amide bonds. The molecule has 0 unspecified atom stereocenters. The van der Waals surface area contributed by atoms with E-state index in [4.69, 9.17) is 9.47 Å². The SMILES string of the molecule is COC(=O)c1ccc([C@H]2c3[nH]c4ccccc4c3C[C@H]3C(=O)N(CCC[NH+]4CCOCC4)CC(=O)N23)cc1. The van der Waals surface area contributed by atoms with Crippen molar-refractivity contribution in [3.05, 3.63) is 70.9 Å². The number of carbonyl (C=O) groups is 3. The van der Waals surface area contributed by atoms with Gasteiger partial charge in [0.15, 0.2) is 0 Å². The summed E-state index contributed by atoms with van der Waals surface area (Å²) in [4.78, 5) is 48.1. The maximum Gasteiger partial charge on any atom is 0.337 e. The van der Waals surface area contributed by atoms with Crippen LogP contribution in [0.5, 0.6) is 0 Å². The lowest BCUT2D eigenvalue weighted by Gasteiger charge is -2.47. The van der Waals surface area contributed by atoms with Crippen LogP contribution in [0, 0.1) is 0 Å². The maximum atomic E-state index is 13.8. The third kappa shape index (κ3) is 4.35. The predicted octanol–water partition coefficient (Wildman–Crippen LogP) is 0.945. The molecule has 2 atom stereocenters. The van der Waals surface area contributed by atoms with E-state index in [0.29, 0.717) is 18.5 Å². The quantitative estimate of drug-likeness (QED) is 0.475. The maximum absolute atomic E-state index is 13.8. The minimum Gasteiger partial charge on any atom is -0.465 e. The van der Waals surface area contributed by atoms with E-state index in [2.05, 4.69) is 11.1 Å². The Bertz CT molecular complexity index is 1360. The van der Waals surface area contributed by atoms with Gasteiger partial charge in [-0.2, -0.15) is 0 Å². The number of quaternary nitrogens is 1. The number of hydrogen-bond acceptors (Lipinski definition) is 5. The Hall–Kier alpha value is -3.69. The summed E-state index contributed by atoms with van der Waals surface area (Å²) in [5.41, 5.74) is 4.28. The number of aromatic amines is 1. The van der Waals surface area contributed by atoms with Crippen LogP contribution in [0.3, 0.4) is 0 Å². The van der Waals surface area contributed by atoms with Crippen molar-refractivity contribution in [3.8, 4) is 0 Å². The van der Waals surface area contributed by atoms with E-state index in [1.807, 2.05) is 30.3 Å². The Morgan fingerprint density at radius 3 is 2.63 bits per heavy atom. The fourth-order valence-electron chi connectivity index (χ4n) is 6.21. The van der Waals surface area contributed by atoms with Crippen LogP contribution in [-0.2, 0) is 25.5 Å². The van der Waals surface area contributed by atoms with E-state index in [-0.39, 0.29) is 18.4 Å². The first-order chi connectivity index (χ1) is 18.5. The smallest absolute Gasteiger partial charge is 0.337 e. The van der Waals surface area contributed by atoms with Crippen LogP contribution in [0.2, 0.25) is 0 Å². The molecule has 0 aliphatic carbocycles. The number of para-hydroxylation sites is 1. The van der Waals surface area contributed by atoms with E-state index in [0.717, 1.165) is 67.0 Å². The fourth-order valence-corrected chi connectivity index (χ4v) is 6.21. The van der Waals surface area contributed by atoms with Crippen molar-refractivity contribution in [2.75, 3.05) is 53.0 Å². The largest absolute Gasteiger partial charge is 0.465 e. The lowest BCUT2D eigenvalue weighted by atomic mass is 9.86. The third-order valence-electron chi connectivity index (χ3n) is 8.15. The topological polar surface area (TPSA) is 96.4 Å². The molecule has 3 aromatic rings. The number of aromatic nitrogens is 1. The molecule has 3 aliphatic rings. The summed E-state index contributed by atoms with van der Waals surface area (Å²) in [5, 5.41) is 1.08. The molecule has 4 heterocycles. The van der Waals surface area contributed by atoms with Crippen molar-refractivity contribution in [2.24, 2.45) is 0 Å². The fraction of sp³-hybridized carbons (Fsp3) is 0.414. The number of rotatable bonds is 6. The minimum absolute atomic E-state index is 0.00805. The Morgan fingerprint density at radius 1 is 1.11 bits per heavy atom. The number of ether oxygens (including phenoxy) is 2. The van der Waals surface area contributed by atoms with E-state index < -0.39 is 18.1 Å². The number of morpholine rings is 1. The second-order valence-electron chi connectivity index (χ2n) is 10.3. The van der Waals surface area contributed by atoms with Gasteiger partial charge in [0.05, 0.1) is 45.0 Å². The highest BCUT2D eigenvalue weighted by Gasteiger charge is 2.48. The summed E-state index contributed by atoms with van der Waals surface area (Å²) in [5.74, 6) is -0.462. The second kappa shape index (κ2) is 10.2. The Labute approximate surface area is 221 Å². The van der Waals surface area contributed by atoms with Gasteiger partial charge in [-0.1, -0.05) is 30.3 Å². The zero-order chi connectivity index (χ0) is 26.2. The van der Waals surface area contributed by atoms with Gasteiger partial charge in [-0.05, 0) is 29.3 Å². The summed E-state index contributed by atoms with van der Waals surface area (Å²) in [6.07, 6.45) is 1.34. The van der Waals surface area contributed by atoms with E-state index >= 15 is 0 Å². The van der Waals surface area contributed by atoms with Gasteiger partial charge < -0.3 is 29.2 Å². The van der Waals surface area contributed by atoms with Crippen LogP contribution in [0.25, 0.3) is 10.9 Å². The molecule has 1 aromatic heterocycles. The van der Waals surface area contributed by atoms with Crippen molar-refractivity contribution < 1.29 is 28.8 Å². The average Bonchev–Trinajstić information content (AvgIpc) is 3.33. The number of nitrogens with zero attached hydrogens (tertiary/aromatic N) is 2. The summed E-state index contributed by atoms with van der Waals surface area (Å²) in [6.45, 7) is 5.17. The number of methoxy groups -OCH3 is 1. The number of hydrogen-bond donors (Lipinski definition) is 2. The molecule has 0 spiro atoms. The van der Waals surface area contributed by atoms with Crippen LogP contribution < -0.4 is 4.90 Å². The first-order valence-electron chi connectivity index (χ1n) is 13.3. The summed E-state index contributed by atoms with van der Waals surface area (Å²) >= 11 is 0. The molecule has 0 bridgehead atoms. The Kier molecular flexibility index (Phi) is 6.63. The number of benzene rings is 2. The van der Waals surface area contributed by atoms with Gasteiger partial charge in [-0.25, -0.2) is 4.79 Å². The molecule has 9 nitrogen and oxygen atoms in total. The van der Waals surface area contributed by atoms with Crippen molar-refractivity contribution in [1.29, 1.82) is 0 Å². The molecule has 2 fully saturated rings. The van der Waals surface area contributed by atoms with Crippen LogP contribution in [0.4, 0.5) is 0 Å². The third-order valence-corrected chi connectivity index (χ3v) is 8.15. The average molecular weight is 518 g/mol. The van der Waals surface area contributed by atoms with Crippen LogP contribution in [0.1, 0.15) is 39.6 Å². The number of carbonyl (C=O) groups excluding carboxylic acids is 3. The molecule has 9 heteroatoms. The summed E-state index contributed by atoms with van der Waals surface area (Å²) in [7, 11) is 1.35. The van der Waals surface area contributed by atoms with Gasteiger partial charge in [0.2, 0.25) is 11.8 Å². The molecular formula is C29H33N4O5+. The molecule has 0 radical (unpaired) electrons. The van der Waals surface area contributed by atoms with Gasteiger partial charge in [0.25, 0.3) is 0 Å². The number of fused-ring (bicyclic) bond motifs is 4. The molecule has 0 saturated carbocycles. The molecule has 198 valence electrons. The van der Waals surface area contributed by atoms with E-state index in [1.54, 1.807) is 21.9 Å². The standard InChI is InChI=1S/C29H32N4O5/c1-37-29(36)20-9-7-19(8-10-20)27-26-22(21-5-2-3-6-23(21)30-26)17-24-28(35)32(18-25(34)33(24)27)12-4-11-31-13-15-38-16-14-31/h2-3,5-10,24,27,30H,4,11-18H2,1H3/p+1/t24-,27-/m0/s1. The monoisotopic (exact) mass is 517 g/mol. The van der Waals surface area contributed by atoms with Gasteiger partial charge in [0, 0.05) is 36.0 Å². The number of esters is 1. The predicted molar refractivity (Wildman–Crippen MR) is 140 cm³/mol. The van der Waals surface area contributed by atoms with Crippen molar-refractivity contribution in [3.63, 3.8) is 0 Å². The van der Waals surface area contributed by atoms with Gasteiger partial charge >= 0.3 is 5.97 Å². The van der Waals surface area contributed by atoms with Crippen LogP contribution in [0.15, 0.2) is 48.5 Å². The van der Waals surface area contributed by atoms with Crippen molar-refractivity contribution in [2.45, 2.75) is 24.9 Å². The molecule has 3 aliphatic heterocycles. The Morgan fingerprint density at radius 2 is 1.87 bits per heavy atom. The highest BCUT2D eigenvalue weighted by atomic mass is 16.5. The molecule has 6 rings (SSSR count). The van der Waals surface area contributed by atoms with E-state index in [9.17, 15) is 14.4 Å². The number of H-pyrrole nitrogens is 1. The molecule has 38 heavy (non-hydrogen) atoms. The Balaban J connectivity index is 1.32. The normalized spacial score (nSPS) is 21.9.